The first kappa shape index (κ1) is 10.0. The van der Waals surface area contributed by atoms with E-state index in [9.17, 15) is 0 Å². The molecule has 0 aromatic heterocycles. The molecule has 0 spiro atoms. The van der Waals surface area contributed by atoms with E-state index in [-0.39, 0.29) is 0 Å². The largest absolute Gasteiger partial charge is 0.381 e. The second kappa shape index (κ2) is 6.44. The van der Waals surface area contributed by atoms with Gasteiger partial charge in [0.2, 0.25) is 0 Å². The van der Waals surface area contributed by atoms with Crippen LogP contribution >= 0.6 is 0 Å². The van der Waals surface area contributed by atoms with E-state index in [1.807, 2.05) is 0 Å². The summed E-state index contributed by atoms with van der Waals surface area (Å²) in [5.74, 6) is 0.860. The first-order chi connectivity index (χ1) is 5.93. The number of hydrogen-bond acceptors (Lipinski definition) is 2. The summed E-state index contributed by atoms with van der Waals surface area (Å²) in [4.78, 5) is 0. The highest BCUT2D eigenvalue weighted by Crippen LogP contribution is 2.14. The lowest BCUT2D eigenvalue weighted by Crippen LogP contribution is -2.23. The minimum Gasteiger partial charge on any atom is -0.381 e. The van der Waals surface area contributed by atoms with E-state index in [4.69, 9.17) is 4.74 Å². The molecule has 12 heavy (non-hydrogen) atoms. The van der Waals surface area contributed by atoms with Crippen molar-refractivity contribution in [2.75, 3.05) is 26.3 Å². The van der Waals surface area contributed by atoms with Crippen molar-refractivity contribution in [2.45, 2.75) is 32.6 Å². The lowest BCUT2D eigenvalue weighted by Gasteiger charge is -2.13. The van der Waals surface area contributed by atoms with Crippen LogP contribution in [0, 0.1) is 5.92 Å². The Labute approximate surface area is 75.7 Å². The Hall–Kier alpha value is -0.0800. The van der Waals surface area contributed by atoms with Gasteiger partial charge in [-0.25, -0.2) is 0 Å². The van der Waals surface area contributed by atoms with Gasteiger partial charge >= 0.3 is 0 Å². The Balaban J connectivity index is 2.04. The Morgan fingerprint density at radius 2 is 2.25 bits per heavy atom. The minimum atomic E-state index is 0.860. The Kier molecular flexibility index (Phi) is 5.37. The molecule has 1 rings (SSSR count). The highest BCUT2D eigenvalue weighted by Gasteiger charge is 2.10. The standard InChI is InChI=1S/C10H21NO/c1-2-6-11-9-10-4-3-7-12-8-5-10/h10-11H,2-9H2,1H3. The fraction of sp³-hybridized carbons (Fsp3) is 1.00. The molecule has 1 aliphatic rings. The second-order valence-corrected chi connectivity index (χ2v) is 3.61. The average molecular weight is 171 g/mol. The van der Waals surface area contributed by atoms with Gasteiger partial charge in [-0.3, -0.25) is 0 Å². The summed E-state index contributed by atoms with van der Waals surface area (Å²) in [6.07, 6.45) is 5.08. The van der Waals surface area contributed by atoms with Gasteiger partial charge < -0.3 is 10.1 Å². The SMILES string of the molecule is CCCNCC1CCCOCC1. The zero-order chi connectivity index (χ0) is 8.65. The molecule has 0 aromatic rings. The number of hydrogen-bond donors (Lipinski definition) is 1. The van der Waals surface area contributed by atoms with Crippen molar-refractivity contribution in [1.29, 1.82) is 0 Å². The lowest BCUT2D eigenvalue weighted by molar-refractivity contribution is 0.141. The summed E-state index contributed by atoms with van der Waals surface area (Å²) in [5, 5.41) is 3.48. The van der Waals surface area contributed by atoms with Crippen LogP contribution in [0.5, 0.6) is 0 Å². The van der Waals surface area contributed by atoms with E-state index in [0.29, 0.717) is 0 Å². The predicted molar refractivity (Wildman–Crippen MR) is 51.3 cm³/mol. The molecule has 1 heterocycles. The lowest BCUT2D eigenvalue weighted by atomic mass is 10.0. The summed E-state index contributed by atoms with van der Waals surface area (Å²) in [7, 11) is 0. The third kappa shape index (κ3) is 4.07. The third-order valence-corrected chi connectivity index (χ3v) is 2.43. The predicted octanol–water partition coefficient (Wildman–Crippen LogP) is 1.80. The maximum Gasteiger partial charge on any atom is 0.0469 e. The number of ether oxygens (including phenoxy) is 1. The fourth-order valence-corrected chi connectivity index (χ4v) is 1.66. The molecule has 1 fully saturated rings. The van der Waals surface area contributed by atoms with Crippen molar-refractivity contribution in [3.63, 3.8) is 0 Å². The highest BCUT2D eigenvalue weighted by atomic mass is 16.5. The molecule has 72 valence electrons. The molecule has 0 amide bonds. The zero-order valence-electron chi connectivity index (χ0n) is 8.14. The van der Waals surface area contributed by atoms with Gasteiger partial charge in [-0.15, -0.1) is 0 Å². The summed E-state index contributed by atoms with van der Waals surface area (Å²) in [6, 6.07) is 0. The van der Waals surface area contributed by atoms with Crippen molar-refractivity contribution >= 4 is 0 Å². The van der Waals surface area contributed by atoms with Gasteiger partial charge in [0.15, 0.2) is 0 Å². The third-order valence-electron chi connectivity index (χ3n) is 2.43. The molecule has 1 atom stereocenters. The molecule has 1 unspecified atom stereocenters. The molecule has 1 aliphatic heterocycles. The van der Waals surface area contributed by atoms with Gasteiger partial charge in [0, 0.05) is 13.2 Å². The van der Waals surface area contributed by atoms with Crippen molar-refractivity contribution in [3.05, 3.63) is 0 Å². The fourth-order valence-electron chi connectivity index (χ4n) is 1.66. The summed E-state index contributed by atoms with van der Waals surface area (Å²) in [6.45, 7) is 6.51. The van der Waals surface area contributed by atoms with Gasteiger partial charge in [-0.05, 0) is 44.7 Å². The molecular weight excluding hydrogens is 150 g/mol. The molecule has 0 radical (unpaired) electrons. The van der Waals surface area contributed by atoms with E-state index in [0.717, 1.165) is 25.7 Å². The monoisotopic (exact) mass is 171 g/mol. The molecule has 2 nitrogen and oxygen atoms in total. The van der Waals surface area contributed by atoms with E-state index < -0.39 is 0 Å². The molecule has 1 N–H and O–H groups in total. The van der Waals surface area contributed by atoms with Gasteiger partial charge in [0.25, 0.3) is 0 Å². The number of rotatable bonds is 4. The first-order valence-electron chi connectivity index (χ1n) is 5.22. The van der Waals surface area contributed by atoms with Gasteiger partial charge in [0.05, 0.1) is 0 Å². The van der Waals surface area contributed by atoms with Crippen LogP contribution in [-0.2, 0) is 4.74 Å². The topological polar surface area (TPSA) is 21.3 Å². The van der Waals surface area contributed by atoms with Gasteiger partial charge in [-0.2, -0.15) is 0 Å². The van der Waals surface area contributed by atoms with Gasteiger partial charge in [-0.1, -0.05) is 6.92 Å². The average Bonchev–Trinajstić information content (AvgIpc) is 2.33. The van der Waals surface area contributed by atoms with Crippen molar-refractivity contribution in [3.8, 4) is 0 Å². The van der Waals surface area contributed by atoms with Crippen LogP contribution in [0.15, 0.2) is 0 Å². The second-order valence-electron chi connectivity index (χ2n) is 3.61. The Morgan fingerprint density at radius 1 is 1.33 bits per heavy atom. The maximum atomic E-state index is 5.40. The molecule has 0 aliphatic carbocycles. The van der Waals surface area contributed by atoms with Crippen molar-refractivity contribution < 1.29 is 4.74 Å². The van der Waals surface area contributed by atoms with Crippen LogP contribution in [0.25, 0.3) is 0 Å². The first-order valence-corrected chi connectivity index (χ1v) is 5.22. The quantitative estimate of drug-likeness (QED) is 0.651. The molecule has 0 saturated carbocycles. The molecule has 0 aromatic carbocycles. The molecule has 2 heteroatoms. The van der Waals surface area contributed by atoms with Crippen LogP contribution in [0.4, 0.5) is 0 Å². The summed E-state index contributed by atoms with van der Waals surface area (Å²) in [5.41, 5.74) is 0. The zero-order valence-corrected chi connectivity index (χ0v) is 8.14. The van der Waals surface area contributed by atoms with E-state index in [1.54, 1.807) is 0 Å². The highest BCUT2D eigenvalue weighted by molar-refractivity contribution is 4.64. The van der Waals surface area contributed by atoms with E-state index >= 15 is 0 Å². The Bertz CT molecular complexity index is 98.0. The van der Waals surface area contributed by atoms with Crippen molar-refractivity contribution in [2.24, 2.45) is 5.92 Å². The normalized spacial score (nSPS) is 25.2. The van der Waals surface area contributed by atoms with Gasteiger partial charge in [0.1, 0.15) is 0 Å². The van der Waals surface area contributed by atoms with E-state index in [2.05, 4.69) is 12.2 Å². The smallest absolute Gasteiger partial charge is 0.0469 e. The van der Waals surface area contributed by atoms with Crippen LogP contribution in [0.2, 0.25) is 0 Å². The maximum absolute atomic E-state index is 5.40. The molecule has 0 bridgehead atoms. The molecule has 1 saturated heterocycles. The van der Waals surface area contributed by atoms with E-state index in [1.165, 1.54) is 32.2 Å². The van der Waals surface area contributed by atoms with Crippen LogP contribution in [0.3, 0.4) is 0 Å². The summed E-state index contributed by atoms with van der Waals surface area (Å²) < 4.78 is 5.40. The number of nitrogens with one attached hydrogen (secondary N) is 1. The Morgan fingerprint density at radius 3 is 3.08 bits per heavy atom. The minimum absolute atomic E-state index is 0.860. The van der Waals surface area contributed by atoms with Crippen LogP contribution in [-0.4, -0.2) is 26.3 Å². The summed E-state index contributed by atoms with van der Waals surface area (Å²) >= 11 is 0. The van der Waals surface area contributed by atoms with Crippen LogP contribution < -0.4 is 5.32 Å². The molecular formula is C10H21NO. The van der Waals surface area contributed by atoms with Crippen LogP contribution in [0.1, 0.15) is 32.6 Å². The van der Waals surface area contributed by atoms with Crippen molar-refractivity contribution in [1.82, 2.24) is 5.32 Å².